The van der Waals surface area contributed by atoms with E-state index in [1.165, 1.54) is 4.90 Å². The normalized spacial score (nSPS) is 26.5. The second-order valence-corrected chi connectivity index (χ2v) is 7.51. The largest absolute Gasteiger partial charge is 0.490 e. The van der Waals surface area contributed by atoms with Gasteiger partial charge in [-0.1, -0.05) is 20.3 Å². The Balaban J connectivity index is 2.22. The van der Waals surface area contributed by atoms with Crippen molar-refractivity contribution in [1.82, 2.24) is 9.80 Å². The molecule has 0 spiro atoms. The Morgan fingerprint density at radius 2 is 2.13 bits per heavy atom. The summed E-state index contributed by atoms with van der Waals surface area (Å²) < 4.78 is 6.04. The lowest BCUT2D eigenvalue weighted by molar-refractivity contribution is -0.129. The lowest BCUT2D eigenvalue weighted by atomic mass is 9.96. The molecule has 2 aliphatic heterocycles. The highest BCUT2D eigenvalue weighted by atomic mass is 16.5. The predicted molar refractivity (Wildman–Crippen MR) is 87.0 cm³/mol. The van der Waals surface area contributed by atoms with Gasteiger partial charge in [0.2, 0.25) is 0 Å². The third kappa shape index (κ3) is 3.79. The average molecular weight is 324 g/mol. The molecule has 1 fully saturated rings. The van der Waals surface area contributed by atoms with Crippen LogP contribution in [0.4, 0.5) is 4.79 Å². The first-order chi connectivity index (χ1) is 10.6. The highest BCUT2D eigenvalue weighted by Gasteiger charge is 2.44. The van der Waals surface area contributed by atoms with Crippen molar-refractivity contribution in [3.63, 3.8) is 0 Å². The molecule has 0 bridgehead atoms. The van der Waals surface area contributed by atoms with Crippen molar-refractivity contribution in [2.75, 3.05) is 13.1 Å². The number of ether oxygens (including phenoxy) is 1. The molecule has 23 heavy (non-hydrogen) atoms. The molecule has 0 aromatic carbocycles. The van der Waals surface area contributed by atoms with E-state index in [1.807, 2.05) is 25.7 Å². The van der Waals surface area contributed by atoms with E-state index in [4.69, 9.17) is 9.84 Å². The number of carboxylic acid groups (broad SMARTS) is 1. The maximum Gasteiger partial charge on any atom is 0.407 e. The van der Waals surface area contributed by atoms with E-state index in [0.29, 0.717) is 25.3 Å². The van der Waals surface area contributed by atoms with Gasteiger partial charge in [0, 0.05) is 19.2 Å². The number of carbonyl (C=O) groups excluding carboxylic acids is 1. The molecule has 1 saturated heterocycles. The highest BCUT2D eigenvalue weighted by Crippen LogP contribution is 2.35. The second-order valence-electron chi connectivity index (χ2n) is 7.51. The van der Waals surface area contributed by atoms with Gasteiger partial charge in [-0.3, -0.25) is 4.79 Å². The van der Waals surface area contributed by atoms with Crippen molar-refractivity contribution >= 4 is 12.0 Å². The van der Waals surface area contributed by atoms with Gasteiger partial charge in [0.1, 0.15) is 11.4 Å². The topological polar surface area (TPSA) is 70.1 Å². The molecule has 0 aromatic heterocycles. The Bertz CT molecular complexity index is 509. The van der Waals surface area contributed by atoms with Crippen molar-refractivity contribution in [1.29, 1.82) is 0 Å². The van der Waals surface area contributed by atoms with Crippen molar-refractivity contribution in [3.8, 4) is 0 Å². The molecule has 1 unspecified atom stereocenters. The molecule has 0 radical (unpaired) electrons. The van der Waals surface area contributed by atoms with E-state index in [2.05, 4.69) is 13.8 Å². The minimum Gasteiger partial charge on any atom is -0.490 e. The number of hydrogen-bond acceptors (Lipinski definition) is 3. The number of carbonyl (C=O) groups is 2. The summed E-state index contributed by atoms with van der Waals surface area (Å²) in [5.74, 6) is 0.909. The van der Waals surface area contributed by atoms with Crippen LogP contribution >= 0.6 is 0 Å². The van der Waals surface area contributed by atoms with Gasteiger partial charge >= 0.3 is 6.09 Å². The van der Waals surface area contributed by atoms with E-state index in [-0.39, 0.29) is 29.5 Å². The monoisotopic (exact) mass is 324 g/mol. The zero-order valence-electron chi connectivity index (χ0n) is 14.7. The van der Waals surface area contributed by atoms with Crippen LogP contribution in [0.25, 0.3) is 0 Å². The molecule has 2 rings (SSSR count). The fraction of sp³-hybridized carbons (Fsp3) is 0.765. The smallest absolute Gasteiger partial charge is 0.407 e. The van der Waals surface area contributed by atoms with Gasteiger partial charge in [-0.2, -0.15) is 0 Å². The second kappa shape index (κ2) is 6.42. The number of rotatable bonds is 4. The first-order valence-electron chi connectivity index (χ1n) is 8.34. The molecule has 2 heterocycles. The third-order valence-electron chi connectivity index (χ3n) is 4.55. The number of likely N-dealkylation sites (tertiary alicyclic amines) is 1. The van der Waals surface area contributed by atoms with Gasteiger partial charge in [-0.25, -0.2) is 4.79 Å². The van der Waals surface area contributed by atoms with E-state index in [0.717, 1.165) is 6.42 Å². The van der Waals surface area contributed by atoms with E-state index in [1.54, 1.807) is 6.08 Å². The van der Waals surface area contributed by atoms with Crippen molar-refractivity contribution in [2.24, 2.45) is 5.92 Å². The van der Waals surface area contributed by atoms with E-state index in [9.17, 15) is 9.59 Å². The average Bonchev–Trinajstić information content (AvgIpc) is 3.00. The molecule has 2 amide bonds. The summed E-state index contributed by atoms with van der Waals surface area (Å²) in [6.07, 6.45) is 2.28. The van der Waals surface area contributed by atoms with Crippen LogP contribution in [0, 0.1) is 5.92 Å². The van der Waals surface area contributed by atoms with Gasteiger partial charge in [0.15, 0.2) is 0 Å². The van der Waals surface area contributed by atoms with Crippen LogP contribution in [0.5, 0.6) is 0 Å². The standard InChI is InChI=1S/C17H28N2O4/c1-6-11(2)15-13(23-17(3,4)5)9-14(20)19(15)12-7-8-18(10-12)16(21)22/h9,11-12,15H,6-8,10H2,1-5H3,(H,21,22)/t11-,12?,15-/m0/s1. The molecule has 0 aliphatic carbocycles. The Morgan fingerprint density at radius 1 is 1.48 bits per heavy atom. The summed E-state index contributed by atoms with van der Waals surface area (Å²) in [7, 11) is 0. The Morgan fingerprint density at radius 3 is 2.61 bits per heavy atom. The zero-order chi connectivity index (χ0) is 17.4. The van der Waals surface area contributed by atoms with Crippen LogP contribution in [0.2, 0.25) is 0 Å². The van der Waals surface area contributed by atoms with Crippen molar-refractivity contribution < 1.29 is 19.4 Å². The molecule has 0 aromatic rings. The Labute approximate surface area is 138 Å². The van der Waals surface area contributed by atoms with Crippen LogP contribution in [0.3, 0.4) is 0 Å². The minimum absolute atomic E-state index is 0.0632. The van der Waals surface area contributed by atoms with Crippen LogP contribution in [0.1, 0.15) is 47.5 Å². The van der Waals surface area contributed by atoms with Gasteiger partial charge in [-0.05, 0) is 33.1 Å². The van der Waals surface area contributed by atoms with E-state index >= 15 is 0 Å². The quantitative estimate of drug-likeness (QED) is 0.863. The van der Waals surface area contributed by atoms with Crippen LogP contribution in [0.15, 0.2) is 11.8 Å². The molecular weight excluding hydrogens is 296 g/mol. The zero-order valence-corrected chi connectivity index (χ0v) is 14.7. The lowest BCUT2D eigenvalue weighted by Crippen LogP contribution is -2.48. The summed E-state index contributed by atoms with van der Waals surface area (Å²) in [6, 6.07) is -0.180. The van der Waals surface area contributed by atoms with Crippen molar-refractivity contribution in [3.05, 3.63) is 11.8 Å². The first kappa shape index (κ1) is 17.6. The van der Waals surface area contributed by atoms with Gasteiger partial charge in [0.25, 0.3) is 5.91 Å². The lowest BCUT2D eigenvalue weighted by Gasteiger charge is -2.37. The predicted octanol–water partition coefficient (Wildman–Crippen LogP) is 2.69. The Kier molecular flexibility index (Phi) is 4.92. The SMILES string of the molecule is CC[C@H](C)[C@H]1C(OC(C)(C)C)=CC(=O)N1C1CCN(C(=O)O)C1. The molecule has 6 nitrogen and oxygen atoms in total. The molecule has 1 N–H and O–H groups in total. The van der Waals surface area contributed by atoms with Gasteiger partial charge < -0.3 is 19.6 Å². The summed E-state index contributed by atoms with van der Waals surface area (Å²) >= 11 is 0. The highest BCUT2D eigenvalue weighted by molar-refractivity contribution is 5.92. The molecular formula is C17H28N2O4. The molecule has 2 aliphatic rings. The maximum atomic E-state index is 12.6. The van der Waals surface area contributed by atoms with Gasteiger partial charge in [-0.15, -0.1) is 0 Å². The van der Waals surface area contributed by atoms with Crippen molar-refractivity contribution in [2.45, 2.75) is 65.1 Å². The number of nitrogens with zero attached hydrogens (tertiary/aromatic N) is 2. The number of hydrogen-bond donors (Lipinski definition) is 1. The summed E-state index contributed by atoms with van der Waals surface area (Å²) in [5.41, 5.74) is -0.364. The molecule has 3 atom stereocenters. The third-order valence-corrected chi connectivity index (χ3v) is 4.55. The fourth-order valence-corrected chi connectivity index (χ4v) is 3.33. The fourth-order valence-electron chi connectivity index (χ4n) is 3.33. The van der Waals surface area contributed by atoms with E-state index < -0.39 is 6.09 Å². The van der Waals surface area contributed by atoms with Crippen LogP contribution in [-0.2, 0) is 9.53 Å². The Hall–Kier alpha value is -1.72. The molecule has 6 heteroatoms. The summed E-state index contributed by atoms with van der Waals surface area (Å²) in [5, 5.41) is 9.15. The minimum atomic E-state index is -0.918. The molecule has 0 saturated carbocycles. The maximum absolute atomic E-state index is 12.6. The molecule has 130 valence electrons. The van der Waals surface area contributed by atoms with Gasteiger partial charge in [0.05, 0.1) is 12.1 Å². The first-order valence-corrected chi connectivity index (χ1v) is 8.34. The summed E-state index contributed by atoms with van der Waals surface area (Å²) in [4.78, 5) is 26.9. The van der Waals surface area contributed by atoms with Crippen LogP contribution in [-0.4, -0.2) is 57.7 Å². The number of amides is 2. The summed E-state index contributed by atoms with van der Waals surface area (Å²) in [6.45, 7) is 11.0. The van der Waals surface area contributed by atoms with Crippen LogP contribution < -0.4 is 0 Å².